The Balaban J connectivity index is 1.34. The lowest BCUT2D eigenvalue weighted by molar-refractivity contribution is 0.207. The minimum absolute atomic E-state index is 0.137. The first-order valence-corrected chi connectivity index (χ1v) is 9.12. The number of ether oxygens (including phenoxy) is 1. The highest BCUT2D eigenvalue weighted by Crippen LogP contribution is 2.37. The lowest BCUT2D eigenvalue weighted by Crippen LogP contribution is -2.34. The molecule has 4 nitrogen and oxygen atoms in total. The normalized spacial score (nSPS) is 11.4. The van der Waals surface area contributed by atoms with Crippen LogP contribution in [0.3, 0.4) is 0 Å². The third kappa shape index (κ3) is 3.80. The summed E-state index contributed by atoms with van der Waals surface area (Å²) in [7, 11) is 1.77. The van der Waals surface area contributed by atoms with Gasteiger partial charge in [-0.15, -0.1) is 0 Å². The average molecular weight is 358 g/mol. The Labute approximate surface area is 159 Å². The highest BCUT2D eigenvalue weighted by Gasteiger charge is 2.18. The van der Waals surface area contributed by atoms with Gasteiger partial charge in [-0.3, -0.25) is 0 Å². The summed E-state index contributed by atoms with van der Waals surface area (Å²) in [6.07, 6.45) is 0.913. The zero-order chi connectivity index (χ0) is 18.6. The van der Waals surface area contributed by atoms with E-state index in [0.29, 0.717) is 13.2 Å². The molecule has 4 rings (SSSR count). The number of carbonyl (C=O) groups excluding carboxylic acids is 1. The lowest BCUT2D eigenvalue weighted by atomic mass is 10.1. The van der Waals surface area contributed by atoms with Crippen LogP contribution in [0.15, 0.2) is 72.8 Å². The van der Waals surface area contributed by atoms with Crippen molar-refractivity contribution in [3.8, 4) is 16.9 Å². The molecule has 1 N–H and O–H groups in total. The van der Waals surface area contributed by atoms with Crippen molar-refractivity contribution in [2.24, 2.45) is 0 Å². The number of carbonyl (C=O) groups is 1. The molecule has 136 valence electrons. The van der Waals surface area contributed by atoms with E-state index < -0.39 is 0 Å². The van der Waals surface area contributed by atoms with Crippen molar-refractivity contribution in [2.75, 3.05) is 25.5 Å². The highest BCUT2D eigenvalue weighted by atomic mass is 16.5. The van der Waals surface area contributed by atoms with Crippen LogP contribution in [-0.2, 0) is 6.42 Å². The monoisotopic (exact) mass is 358 g/mol. The minimum atomic E-state index is -0.137. The summed E-state index contributed by atoms with van der Waals surface area (Å²) in [5, 5.41) is 2.98. The van der Waals surface area contributed by atoms with Gasteiger partial charge in [0.15, 0.2) is 0 Å². The summed E-state index contributed by atoms with van der Waals surface area (Å²) in [4.78, 5) is 14.1. The quantitative estimate of drug-likeness (QED) is 0.557. The Kier molecular flexibility index (Phi) is 4.79. The summed E-state index contributed by atoms with van der Waals surface area (Å²) in [6.45, 7) is 0.963. The first-order valence-electron chi connectivity index (χ1n) is 9.12. The summed E-state index contributed by atoms with van der Waals surface area (Å²) >= 11 is 0. The maximum absolute atomic E-state index is 12.4. The van der Waals surface area contributed by atoms with Crippen LogP contribution in [0, 0.1) is 0 Å². The van der Waals surface area contributed by atoms with Crippen LogP contribution in [0.2, 0.25) is 0 Å². The number of likely N-dealkylation sites (N-methyl/N-ethyl adjacent to an activating group) is 1. The number of hydrogen-bond acceptors (Lipinski definition) is 2. The molecule has 3 aromatic rings. The molecule has 0 aromatic heterocycles. The van der Waals surface area contributed by atoms with Crippen LogP contribution in [0.25, 0.3) is 11.1 Å². The SMILES string of the molecule is CN(CCOc1ccccc1)C(=O)Nc1ccc2c(c1)Cc1ccccc1-2. The standard InChI is InChI=1S/C23H22N2O2/c1-25(13-14-27-20-8-3-2-4-9-20)23(26)24-19-11-12-22-18(16-19)15-17-7-5-6-10-21(17)22/h2-12,16H,13-15H2,1H3,(H,24,26). The van der Waals surface area contributed by atoms with E-state index in [9.17, 15) is 4.79 Å². The van der Waals surface area contributed by atoms with Gasteiger partial charge in [0, 0.05) is 12.7 Å². The van der Waals surface area contributed by atoms with Crippen LogP contribution < -0.4 is 10.1 Å². The second-order valence-corrected chi connectivity index (χ2v) is 6.72. The van der Waals surface area contributed by atoms with E-state index in [1.54, 1.807) is 11.9 Å². The van der Waals surface area contributed by atoms with E-state index in [4.69, 9.17) is 4.74 Å². The van der Waals surface area contributed by atoms with Crippen LogP contribution in [0.1, 0.15) is 11.1 Å². The third-order valence-electron chi connectivity index (χ3n) is 4.83. The molecular weight excluding hydrogens is 336 g/mol. The van der Waals surface area contributed by atoms with Gasteiger partial charge < -0.3 is 15.0 Å². The summed E-state index contributed by atoms with van der Waals surface area (Å²) < 4.78 is 5.65. The van der Waals surface area contributed by atoms with Gasteiger partial charge in [0.1, 0.15) is 12.4 Å². The minimum Gasteiger partial charge on any atom is -0.492 e. The van der Waals surface area contributed by atoms with E-state index in [1.807, 2.05) is 36.4 Å². The van der Waals surface area contributed by atoms with Crippen LogP contribution in [-0.4, -0.2) is 31.1 Å². The number of fused-ring (bicyclic) bond motifs is 3. The number of amides is 2. The molecule has 0 saturated carbocycles. The molecule has 2 amide bonds. The molecule has 3 aromatic carbocycles. The van der Waals surface area contributed by atoms with Crippen molar-refractivity contribution >= 4 is 11.7 Å². The van der Waals surface area contributed by atoms with Gasteiger partial charge in [-0.05, 0) is 52.9 Å². The number of nitrogens with zero attached hydrogens (tertiary/aromatic N) is 1. The van der Waals surface area contributed by atoms with Crippen LogP contribution in [0.5, 0.6) is 5.75 Å². The molecule has 0 saturated heterocycles. The van der Waals surface area contributed by atoms with Gasteiger partial charge in [0.05, 0.1) is 6.54 Å². The summed E-state index contributed by atoms with van der Waals surface area (Å²) in [5.41, 5.74) is 5.96. The maximum Gasteiger partial charge on any atom is 0.321 e. The molecule has 0 atom stereocenters. The maximum atomic E-state index is 12.4. The first kappa shape index (κ1) is 17.2. The molecule has 4 heteroatoms. The van der Waals surface area contributed by atoms with Crippen molar-refractivity contribution in [1.82, 2.24) is 4.90 Å². The number of hydrogen-bond donors (Lipinski definition) is 1. The fourth-order valence-corrected chi connectivity index (χ4v) is 3.36. The number of rotatable bonds is 5. The Morgan fingerprint density at radius 3 is 2.56 bits per heavy atom. The smallest absolute Gasteiger partial charge is 0.321 e. The molecule has 0 heterocycles. The van der Waals surface area contributed by atoms with Gasteiger partial charge in [-0.25, -0.2) is 4.79 Å². The van der Waals surface area contributed by atoms with Gasteiger partial charge in [0.25, 0.3) is 0 Å². The molecule has 0 aliphatic heterocycles. The van der Waals surface area contributed by atoms with Crippen molar-refractivity contribution in [3.05, 3.63) is 83.9 Å². The molecular formula is C23H22N2O2. The second kappa shape index (κ2) is 7.54. The van der Waals surface area contributed by atoms with E-state index in [0.717, 1.165) is 17.9 Å². The average Bonchev–Trinajstić information content (AvgIpc) is 3.06. The summed E-state index contributed by atoms with van der Waals surface area (Å²) in [5.74, 6) is 0.810. The zero-order valence-corrected chi connectivity index (χ0v) is 15.3. The second-order valence-electron chi connectivity index (χ2n) is 6.72. The molecule has 1 aliphatic carbocycles. The Morgan fingerprint density at radius 1 is 0.963 bits per heavy atom. The number of anilines is 1. The van der Waals surface area contributed by atoms with Crippen molar-refractivity contribution in [3.63, 3.8) is 0 Å². The van der Waals surface area contributed by atoms with Crippen molar-refractivity contribution < 1.29 is 9.53 Å². The molecule has 0 spiro atoms. The molecule has 1 aliphatic rings. The van der Waals surface area contributed by atoms with E-state index in [-0.39, 0.29) is 6.03 Å². The Bertz CT molecular complexity index is 954. The first-order chi connectivity index (χ1) is 13.2. The van der Waals surface area contributed by atoms with Crippen LogP contribution in [0.4, 0.5) is 10.5 Å². The predicted octanol–water partition coefficient (Wildman–Crippen LogP) is 4.80. The predicted molar refractivity (Wildman–Crippen MR) is 108 cm³/mol. The number of urea groups is 1. The van der Waals surface area contributed by atoms with Gasteiger partial charge in [-0.1, -0.05) is 48.5 Å². The Morgan fingerprint density at radius 2 is 1.70 bits per heavy atom. The number of nitrogens with one attached hydrogen (secondary N) is 1. The molecule has 27 heavy (non-hydrogen) atoms. The number of benzene rings is 3. The van der Waals surface area contributed by atoms with Crippen molar-refractivity contribution in [1.29, 1.82) is 0 Å². The Hall–Kier alpha value is -3.27. The topological polar surface area (TPSA) is 41.6 Å². The van der Waals surface area contributed by atoms with Gasteiger partial charge >= 0.3 is 6.03 Å². The molecule has 0 unspecified atom stereocenters. The van der Waals surface area contributed by atoms with Gasteiger partial charge in [0.2, 0.25) is 0 Å². The van der Waals surface area contributed by atoms with E-state index in [1.165, 1.54) is 22.3 Å². The van der Waals surface area contributed by atoms with E-state index in [2.05, 4.69) is 41.7 Å². The fraction of sp³-hybridized carbons (Fsp3) is 0.174. The van der Waals surface area contributed by atoms with Crippen molar-refractivity contribution in [2.45, 2.75) is 6.42 Å². The lowest BCUT2D eigenvalue weighted by Gasteiger charge is -2.18. The molecule has 0 radical (unpaired) electrons. The fourth-order valence-electron chi connectivity index (χ4n) is 3.36. The third-order valence-corrected chi connectivity index (χ3v) is 4.83. The summed E-state index contributed by atoms with van der Waals surface area (Å²) in [6, 6.07) is 24.1. The molecule has 0 bridgehead atoms. The highest BCUT2D eigenvalue weighted by molar-refractivity contribution is 5.90. The van der Waals surface area contributed by atoms with Crippen LogP contribution >= 0.6 is 0 Å². The molecule has 0 fully saturated rings. The van der Waals surface area contributed by atoms with E-state index >= 15 is 0 Å². The van der Waals surface area contributed by atoms with Gasteiger partial charge in [-0.2, -0.15) is 0 Å². The zero-order valence-electron chi connectivity index (χ0n) is 15.3. The largest absolute Gasteiger partial charge is 0.492 e. The number of para-hydroxylation sites is 1.